The molecule has 11 nitrogen and oxygen atoms in total. The number of aromatic nitrogens is 1. The molecule has 4 rings (SSSR count). The standard InChI is InChI=1S/C31H36ClN3O8S/c1-3-20(30(38)39)6-4-5-13-42-27-16-21(7-10-26(27)43-18-28(36)35-11-14-41-15-12-35)29(37)34-31-33-25(19-44-31)23-9-8-22(40-2)17-24(23)32/h7-10,16-17,19-20H,3-6,11-15,18H2,1-2H3,(H,38,39)(H,33,34,37). The second-order valence-electron chi connectivity index (χ2n) is 10.1. The smallest absolute Gasteiger partial charge is 0.306 e. The lowest BCUT2D eigenvalue weighted by molar-refractivity contribution is -0.142. The van der Waals surface area contributed by atoms with Crippen LogP contribution in [0.5, 0.6) is 17.2 Å². The third-order valence-corrected chi connectivity index (χ3v) is 8.21. The average Bonchev–Trinajstić information content (AvgIpc) is 3.49. The molecule has 1 fully saturated rings. The molecule has 1 aliphatic heterocycles. The number of halogens is 1. The molecule has 1 atom stereocenters. The summed E-state index contributed by atoms with van der Waals surface area (Å²) < 4.78 is 22.3. The van der Waals surface area contributed by atoms with Crippen LogP contribution in [0.3, 0.4) is 0 Å². The molecule has 0 spiro atoms. The molecule has 2 N–H and O–H groups in total. The third kappa shape index (κ3) is 9.07. The molecule has 3 aromatic rings. The molecular weight excluding hydrogens is 610 g/mol. The fourth-order valence-electron chi connectivity index (χ4n) is 4.56. The quantitative estimate of drug-likeness (QED) is 0.202. The van der Waals surface area contributed by atoms with Gasteiger partial charge < -0.3 is 29.0 Å². The minimum Gasteiger partial charge on any atom is -0.497 e. The molecule has 13 heteroatoms. The van der Waals surface area contributed by atoms with Gasteiger partial charge >= 0.3 is 5.97 Å². The van der Waals surface area contributed by atoms with Crippen LogP contribution in [0.25, 0.3) is 11.3 Å². The van der Waals surface area contributed by atoms with Crippen LogP contribution in [-0.2, 0) is 14.3 Å². The monoisotopic (exact) mass is 645 g/mol. The number of carboxylic acids is 1. The van der Waals surface area contributed by atoms with Crippen LogP contribution in [0, 0.1) is 5.92 Å². The number of nitrogens with zero attached hydrogens (tertiary/aromatic N) is 2. The summed E-state index contributed by atoms with van der Waals surface area (Å²) in [5.41, 5.74) is 1.63. The predicted molar refractivity (Wildman–Crippen MR) is 167 cm³/mol. The molecule has 1 aromatic heterocycles. The molecule has 0 radical (unpaired) electrons. The van der Waals surface area contributed by atoms with E-state index in [2.05, 4.69) is 10.3 Å². The Balaban J connectivity index is 1.43. The minimum atomic E-state index is -0.799. The fraction of sp³-hybridized carbons (Fsp3) is 0.419. The number of ether oxygens (including phenoxy) is 4. The number of benzene rings is 2. The van der Waals surface area contributed by atoms with Gasteiger partial charge in [0, 0.05) is 29.6 Å². The van der Waals surface area contributed by atoms with Gasteiger partial charge in [-0.1, -0.05) is 18.5 Å². The number of hydrogen-bond acceptors (Lipinski definition) is 9. The predicted octanol–water partition coefficient (Wildman–Crippen LogP) is 5.62. The van der Waals surface area contributed by atoms with Crippen molar-refractivity contribution in [3.63, 3.8) is 0 Å². The molecule has 0 bridgehead atoms. The summed E-state index contributed by atoms with van der Waals surface area (Å²) in [5, 5.41) is 14.8. The van der Waals surface area contributed by atoms with Crippen molar-refractivity contribution in [1.82, 2.24) is 9.88 Å². The molecule has 1 saturated heterocycles. The molecule has 1 aliphatic rings. The Labute approximate surface area is 265 Å². The molecular formula is C31H36ClN3O8S. The van der Waals surface area contributed by atoms with E-state index in [0.29, 0.717) is 96.2 Å². The normalized spacial score (nSPS) is 13.7. The summed E-state index contributed by atoms with van der Waals surface area (Å²) in [5.74, 6) is -0.500. The van der Waals surface area contributed by atoms with E-state index in [0.717, 1.165) is 0 Å². The highest BCUT2D eigenvalue weighted by Gasteiger charge is 2.20. The molecule has 44 heavy (non-hydrogen) atoms. The number of rotatable bonds is 15. The summed E-state index contributed by atoms with van der Waals surface area (Å²) in [6.07, 6.45) is 2.40. The van der Waals surface area contributed by atoms with Gasteiger partial charge in [0.05, 0.1) is 43.6 Å². The van der Waals surface area contributed by atoms with Gasteiger partial charge in [-0.2, -0.15) is 0 Å². The van der Waals surface area contributed by atoms with Crippen molar-refractivity contribution < 1.29 is 38.4 Å². The van der Waals surface area contributed by atoms with E-state index in [4.69, 9.17) is 30.5 Å². The highest BCUT2D eigenvalue weighted by molar-refractivity contribution is 7.14. The van der Waals surface area contributed by atoms with Crippen molar-refractivity contribution in [3.8, 4) is 28.5 Å². The maximum absolute atomic E-state index is 13.2. The first-order chi connectivity index (χ1) is 21.3. The second kappa shape index (κ2) is 16.3. The summed E-state index contributed by atoms with van der Waals surface area (Å²) in [4.78, 5) is 43.3. The van der Waals surface area contributed by atoms with Crippen LogP contribution in [-0.4, -0.2) is 79.4 Å². The van der Waals surface area contributed by atoms with E-state index < -0.39 is 11.9 Å². The maximum Gasteiger partial charge on any atom is 0.306 e. The number of nitrogens with one attached hydrogen (secondary N) is 1. The van der Waals surface area contributed by atoms with Crippen LogP contribution in [0.15, 0.2) is 41.8 Å². The Kier molecular flexibility index (Phi) is 12.2. The molecule has 0 aliphatic carbocycles. The molecule has 2 amide bonds. The first-order valence-electron chi connectivity index (χ1n) is 14.4. The zero-order chi connectivity index (χ0) is 31.5. The van der Waals surface area contributed by atoms with Crippen LogP contribution in [0.4, 0.5) is 5.13 Å². The Hall–Kier alpha value is -3.87. The number of thiazole rings is 1. The lowest BCUT2D eigenvalue weighted by Crippen LogP contribution is -2.43. The van der Waals surface area contributed by atoms with Crippen LogP contribution < -0.4 is 19.5 Å². The number of aliphatic carboxylic acids is 1. The number of carboxylic acid groups (broad SMARTS) is 1. The van der Waals surface area contributed by atoms with E-state index in [1.54, 1.807) is 53.8 Å². The fourth-order valence-corrected chi connectivity index (χ4v) is 5.53. The summed E-state index contributed by atoms with van der Waals surface area (Å²) in [7, 11) is 1.56. The Bertz CT molecular complexity index is 1440. The number of hydrogen-bond donors (Lipinski definition) is 2. The van der Waals surface area contributed by atoms with Crippen molar-refractivity contribution in [3.05, 3.63) is 52.4 Å². The van der Waals surface area contributed by atoms with Gasteiger partial charge in [0.2, 0.25) is 0 Å². The summed E-state index contributed by atoms with van der Waals surface area (Å²) >= 11 is 7.65. The van der Waals surface area contributed by atoms with Gasteiger partial charge in [-0.05, 0) is 62.1 Å². The highest BCUT2D eigenvalue weighted by Crippen LogP contribution is 2.34. The average molecular weight is 646 g/mol. The Morgan fingerprint density at radius 2 is 1.91 bits per heavy atom. The first-order valence-corrected chi connectivity index (χ1v) is 15.6. The number of carbonyl (C=O) groups is 3. The van der Waals surface area contributed by atoms with Gasteiger partial charge in [0.1, 0.15) is 5.75 Å². The number of methoxy groups -OCH3 is 1. The van der Waals surface area contributed by atoms with Gasteiger partial charge in [-0.3, -0.25) is 19.7 Å². The van der Waals surface area contributed by atoms with E-state index in [-0.39, 0.29) is 25.0 Å². The van der Waals surface area contributed by atoms with E-state index in [1.165, 1.54) is 11.3 Å². The van der Waals surface area contributed by atoms with Gasteiger partial charge in [0.15, 0.2) is 23.2 Å². The zero-order valence-electron chi connectivity index (χ0n) is 24.7. The van der Waals surface area contributed by atoms with Crippen molar-refractivity contribution in [1.29, 1.82) is 0 Å². The number of unbranched alkanes of at least 4 members (excludes halogenated alkanes) is 1. The topological polar surface area (TPSA) is 137 Å². The number of amides is 2. The van der Waals surface area contributed by atoms with Crippen molar-refractivity contribution >= 4 is 45.9 Å². The molecule has 2 aromatic carbocycles. The summed E-state index contributed by atoms with van der Waals surface area (Å²) in [6.45, 7) is 3.93. The third-order valence-electron chi connectivity index (χ3n) is 7.14. The molecule has 1 unspecified atom stereocenters. The lowest BCUT2D eigenvalue weighted by atomic mass is 10.00. The maximum atomic E-state index is 13.2. The lowest BCUT2D eigenvalue weighted by Gasteiger charge is -2.26. The Morgan fingerprint density at radius 1 is 1.11 bits per heavy atom. The van der Waals surface area contributed by atoms with Crippen LogP contribution in [0.1, 0.15) is 43.0 Å². The largest absolute Gasteiger partial charge is 0.497 e. The van der Waals surface area contributed by atoms with E-state index in [9.17, 15) is 19.5 Å². The first kappa shape index (κ1) is 33.0. The van der Waals surface area contributed by atoms with Gasteiger partial charge in [0.25, 0.3) is 11.8 Å². The van der Waals surface area contributed by atoms with Gasteiger partial charge in [-0.25, -0.2) is 4.98 Å². The highest BCUT2D eigenvalue weighted by atomic mass is 35.5. The molecule has 236 valence electrons. The van der Waals surface area contributed by atoms with Crippen molar-refractivity contribution in [2.24, 2.45) is 5.92 Å². The Morgan fingerprint density at radius 3 is 2.61 bits per heavy atom. The number of carbonyl (C=O) groups excluding carboxylic acids is 2. The van der Waals surface area contributed by atoms with Gasteiger partial charge in [-0.15, -0.1) is 11.3 Å². The van der Waals surface area contributed by atoms with E-state index >= 15 is 0 Å². The summed E-state index contributed by atoms with van der Waals surface area (Å²) in [6, 6.07) is 10.0. The molecule has 0 saturated carbocycles. The van der Waals surface area contributed by atoms with Crippen LogP contribution in [0.2, 0.25) is 5.02 Å². The SMILES string of the molecule is CCC(CCCCOc1cc(C(=O)Nc2nc(-c3ccc(OC)cc3Cl)cs2)ccc1OCC(=O)N1CCOCC1)C(=O)O. The second-order valence-corrected chi connectivity index (χ2v) is 11.3. The minimum absolute atomic E-state index is 0.170. The van der Waals surface area contributed by atoms with Crippen LogP contribution >= 0.6 is 22.9 Å². The van der Waals surface area contributed by atoms with Crippen molar-refractivity contribution in [2.75, 3.05) is 51.9 Å². The molecule has 2 heterocycles. The number of morpholine rings is 1. The number of anilines is 1. The zero-order valence-corrected chi connectivity index (χ0v) is 26.2. The van der Waals surface area contributed by atoms with E-state index in [1.807, 2.05) is 6.92 Å². The van der Waals surface area contributed by atoms with Crippen molar-refractivity contribution in [2.45, 2.75) is 32.6 Å².